The molecule has 11 heteroatoms. The number of halogens is 2. The number of hydrogen-bond donors (Lipinski definition) is 1. The fourth-order valence-electron chi connectivity index (χ4n) is 4.21. The van der Waals surface area contributed by atoms with E-state index < -0.39 is 28.5 Å². The molecule has 0 saturated heterocycles. The first-order valence-corrected chi connectivity index (χ1v) is 15.5. The van der Waals surface area contributed by atoms with Crippen LogP contribution in [0.4, 0.5) is 5.69 Å². The molecule has 0 aliphatic heterocycles. The van der Waals surface area contributed by atoms with Crippen LogP contribution in [0.2, 0.25) is 10.0 Å². The summed E-state index contributed by atoms with van der Waals surface area (Å²) >= 11 is 12.9. The molecule has 8 nitrogen and oxygen atoms in total. The van der Waals surface area contributed by atoms with Crippen molar-refractivity contribution in [1.82, 2.24) is 10.2 Å². The minimum Gasteiger partial charge on any atom is -0.497 e. The van der Waals surface area contributed by atoms with E-state index in [-0.39, 0.29) is 35.5 Å². The van der Waals surface area contributed by atoms with E-state index in [0.717, 1.165) is 4.31 Å². The molecular weight excluding hydrogens is 585 g/mol. The molecule has 0 heterocycles. The zero-order valence-electron chi connectivity index (χ0n) is 23.5. The Morgan fingerprint density at radius 3 is 2.05 bits per heavy atom. The van der Waals surface area contributed by atoms with Crippen LogP contribution in [0.1, 0.15) is 39.2 Å². The van der Waals surface area contributed by atoms with Crippen molar-refractivity contribution in [3.63, 3.8) is 0 Å². The fourth-order valence-corrected chi connectivity index (χ4v) is 6.16. The Morgan fingerprint density at radius 2 is 1.51 bits per heavy atom. The minimum atomic E-state index is -4.17. The molecule has 1 N–H and O–H groups in total. The van der Waals surface area contributed by atoms with Gasteiger partial charge in [0.25, 0.3) is 10.0 Å². The van der Waals surface area contributed by atoms with Gasteiger partial charge in [0.2, 0.25) is 11.8 Å². The van der Waals surface area contributed by atoms with Gasteiger partial charge in [0, 0.05) is 28.2 Å². The van der Waals surface area contributed by atoms with Crippen molar-refractivity contribution in [1.29, 1.82) is 0 Å². The molecule has 0 spiro atoms. The Labute approximate surface area is 252 Å². The number of hydrogen-bond acceptors (Lipinski definition) is 5. The van der Waals surface area contributed by atoms with E-state index in [1.165, 1.54) is 24.1 Å². The van der Waals surface area contributed by atoms with E-state index in [9.17, 15) is 18.0 Å². The number of benzene rings is 3. The van der Waals surface area contributed by atoms with Gasteiger partial charge in [0.1, 0.15) is 18.3 Å². The molecule has 0 unspecified atom stereocenters. The van der Waals surface area contributed by atoms with Gasteiger partial charge in [-0.2, -0.15) is 0 Å². The van der Waals surface area contributed by atoms with Crippen LogP contribution in [0.25, 0.3) is 0 Å². The second-order valence-electron chi connectivity index (χ2n) is 9.49. The maximum Gasteiger partial charge on any atom is 0.264 e. The number of methoxy groups -OCH3 is 1. The maximum absolute atomic E-state index is 14.1. The summed E-state index contributed by atoms with van der Waals surface area (Å²) in [4.78, 5) is 28.9. The molecule has 0 aliphatic carbocycles. The molecule has 2 amide bonds. The van der Waals surface area contributed by atoms with Gasteiger partial charge in [-0.05, 0) is 68.3 Å². The summed E-state index contributed by atoms with van der Waals surface area (Å²) in [6.07, 6.45) is 0.983. The second kappa shape index (κ2) is 14.6. The predicted molar refractivity (Wildman–Crippen MR) is 163 cm³/mol. The molecule has 220 valence electrons. The van der Waals surface area contributed by atoms with Crippen molar-refractivity contribution in [2.75, 3.05) is 18.0 Å². The summed E-state index contributed by atoms with van der Waals surface area (Å²) in [5, 5.41) is 3.60. The lowest BCUT2D eigenvalue weighted by Crippen LogP contribution is -2.53. The van der Waals surface area contributed by atoms with Crippen molar-refractivity contribution in [3.8, 4) is 5.75 Å². The lowest BCUT2D eigenvalue weighted by atomic mass is 10.1. The number of amides is 2. The van der Waals surface area contributed by atoms with Gasteiger partial charge in [-0.1, -0.05) is 61.3 Å². The van der Waals surface area contributed by atoms with Crippen molar-refractivity contribution < 1.29 is 22.7 Å². The Hall–Kier alpha value is -3.27. The summed E-state index contributed by atoms with van der Waals surface area (Å²) in [5.74, 6) is -0.414. The zero-order chi connectivity index (χ0) is 30.2. The molecule has 2 atom stereocenters. The van der Waals surface area contributed by atoms with Crippen LogP contribution >= 0.6 is 23.2 Å². The number of ether oxygens (including phenoxy) is 1. The van der Waals surface area contributed by atoms with Crippen molar-refractivity contribution in [2.24, 2.45) is 0 Å². The Bertz CT molecular complexity index is 1420. The average Bonchev–Trinajstić information content (AvgIpc) is 2.97. The highest BCUT2D eigenvalue weighted by molar-refractivity contribution is 7.92. The largest absolute Gasteiger partial charge is 0.497 e. The number of sulfonamides is 1. The summed E-state index contributed by atoms with van der Waals surface area (Å²) in [6.45, 7) is 4.95. The molecule has 0 bridgehead atoms. The van der Waals surface area contributed by atoms with Crippen LogP contribution in [-0.4, -0.2) is 50.9 Å². The first kappa shape index (κ1) is 32.2. The molecule has 3 rings (SSSR count). The number of carbonyl (C=O) groups is 2. The molecule has 0 saturated carbocycles. The topological polar surface area (TPSA) is 96.0 Å². The highest BCUT2D eigenvalue weighted by atomic mass is 35.5. The smallest absolute Gasteiger partial charge is 0.264 e. The molecule has 0 fully saturated rings. The van der Waals surface area contributed by atoms with Gasteiger partial charge in [-0.3, -0.25) is 13.9 Å². The van der Waals surface area contributed by atoms with Gasteiger partial charge in [-0.15, -0.1) is 0 Å². The van der Waals surface area contributed by atoms with E-state index in [0.29, 0.717) is 27.8 Å². The summed E-state index contributed by atoms with van der Waals surface area (Å²) in [7, 11) is -2.67. The van der Waals surface area contributed by atoms with E-state index in [1.807, 2.05) is 13.8 Å². The number of rotatable bonds is 13. The minimum absolute atomic E-state index is 0.0193. The average molecular weight is 621 g/mol. The third kappa shape index (κ3) is 7.93. The maximum atomic E-state index is 14.1. The number of carbonyl (C=O) groups excluding carboxylic acids is 2. The van der Waals surface area contributed by atoms with Gasteiger partial charge >= 0.3 is 0 Å². The van der Waals surface area contributed by atoms with E-state index in [1.54, 1.807) is 67.6 Å². The molecule has 41 heavy (non-hydrogen) atoms. The van der Waals surface area contributed by atoms with Crippen molar-refractivity contribution >= 4 is 50.7 Å². The standard InChI is InChI=1S/C30H35Cl2N3O5S/c1-5-21(3)33-30(37)28(6-2)34(19-25-26(31)13-10-14-27(25)32)29(36)20-35(22-15-17-23(40-4)18-16-22)41(38,39)24-11-8-7-9-12-24/h7-18,21,28H,5-6,19-20H2,1-4H3,(H,33,37)/t21-,28-/m0/s1. The summed E-state index contributed by atoms with van der Waals surface area (Å²) in [5.41, 5.74) is 0.719. The highest BCUT2D eigenvalue weighted by Gasteiger charge is 2.34. The number of nitrogens with zero attached hydrogens (tertiary/aromatic N) is 2. The van der Waals surface area contributed by atoms with E-state index in [4.69, 9.17) is 27.9 Å². The quantitative estimate of drug-likeness (QED) is 0.256. The Morgan fingerprint density at radius 1 is 0.902 bits per heavy atom. The molecule has 3 aromatic carbocycles. The molecule has 3 aromatic rings. The van der Waals surface area contributed by atoms with Gasteiger partial charge in [0.05, 0.1) is 17.7 Å². The van der Waals surface area contributed by atoms with Gasteiger partial charge in [-0.25, -0.2) is 8.42 Å². The normalized spacial score (nSPS) is 12.7. The lowest BCUT2D eigenvalue weighted by Gasteiger charge is -2.34. The first-order valence-electron chi connectivity index (χ1n) is 13.3. The molecule has 0 radical (unpaired) electrons. The first-order chi connectivity index (χ1) is 19.5. The highest BCUT2D eigenvalue weighted by Crippen LogP contribution is 2.29. The third-order valence-corrected chi connectivity index (χ3v) is 9.24. The van der Waals surface area contributed by atoms with Crippen LogP contribution in [0, 0.1) is 0 Å². The Balaban J connectivity index is 2.09. The lowest BCUT2D eigenvalue weighted by molar-refractivity contribution is -0.140. The SMILES string of the molecule is CC[C@H](C)NC(=O)[C@H](CC)N(Cc1c(Cl)cccc1Cl)C(=O)CN(c1ccc(OC)cc1)S(=O)(=O)c1ccccc1. The van der Waals surface area contributed by atoms with Crippen LogP contribution in [0.15, 0.2) is 77.7 Å². The van der Waals surface area contributed by atoms with E-state index in [2.05, 4.69) is 5.32 Å². The second-order valence-corrected chi connectivity index (χ2v) is 12.2. The zero-order valence-corrected chi connectivity index (χ0v) is 25.8. The number of nitrogens with one attached hydrogen (secondary N) is 1. The third-order valence-electron chi connectivity index (χ3n) is 6.75. The van der Waals surface area contributed by atoms with Crippen molar-refractivity contribution in [3.05, 3.63) is 88.4 Å². The predicted octanol–water partition coefficient (Wildman–Crippen LogP) is 5.92. The van der Waals surface area contributed by atoms with Gasteiger partial charge in [0.15, 0.2) is 0 Å². The summed E-state index contributed by atoms with van der Waals surface area (Å²) in [6, 6.07) is 18.2. The van der Waals surface area contributed by atoms with Crippen LogP contribution in [0.5, 0.6) is 5.75 Å². The van der Waals surface area contributed by atoms with Crippen molar-refractivity contribution in [2.45, 2.75) is 57.1 Å². The molecule has 0 aromatic heterocycles. The van der Waals surface area contributed by atoms with Gasteiger partial charge < -0.3 is 15.0 Å². The summed E-state index contributed by atoms with van der Waals surface area (Å²) < 4.78 is 34.0. The molecular formula is C30H35Cl2N3O5S. The number of anilines is 1. The molecule has 0 aliphatic rings. The fraction of sp³-hybridized carbons (Fsp3) is 0.333. The van der Waals surface area contributed by atoms with E-state index >= 15 is 0 Å². The van der Waals surface area contributed by atoms with Crippen LogP contribution in [0.3, 0.4) is 0 Å². The van der Waals surface area contributed by atoms with Crippen LogP contribution in [-0.2, 0) is 26.2 Å². The monoisotopic (exact) mass is 619 g/mol. The Kier molecular flexibility index (Phi) is 11.5. The van der Waals surface area contributed by atoms with Crippen LogP contribution < -0.4 is 14.4 Å².